The van der Waals surface area contributed by atoms with Crippen molar-refractivity contribution in [2.24, 2.45) is 0 Å². The van der Waals surface area contributed by atoms with Gasteiger partial charge in [-0.3, -0.25) is 10.4 Å². The lowest BCUT2D eigenvalue weighted by molar-refractivity contribution is 0.179. The Morgan fingerprint density at radius 1 is 1.18 bits per heavy atom. The molecule has 0 saturated heterocycles. The van der Waals surface area contributed by atoms with E-state index in [1.54, 1.807) is 6.20 Å². The van der Waals surface area contributed by atoms with E-state index in [4.69, 9.17) is 5.11 Å². The minimum absolute atomic E-state index is 0.307. The molecule has 0 bridgehead atoms. The van der Waals surface area contributed by atoms with Crippen molar-refractivity contribution < 1.29 is 9.90 Å². The third-order valence-electron chi connectivity index (χ3n) is 3.46. The van der Waals surface area contributed by atoms with Gasteiger partial charge >= 0.3 is 6.09 Å². The van der Waals surface area contributed by atoms with Crippen molar-refractivity contribution in [3.05, 3.63) is 54.2 Å². The summed E-state index contributed by atoms with van der Waals surface area (Å²) in [5.41, 5.74) is 7.97. The fraction of sp³-hybridized carbons (Fsp3) is 0.294. The lowest BCUT2D eigenvalue weighted by Crippen LogP contribution is -2.50. The highest BCUT2D eigenvalue weighted by atomic mass is 16.4. The van der Waals surface area contributed by atoms with Gasteiger partial charge in [0.05, 0.1) is 5.69 Å². The molecule has 0 spiro atoms. The van der Waals surface area contributed by atoms with Gasteiger partial charge in [-0.25, -0.2) is 10.2 Å². The van der Waals surface area contributed by atoms with Crippen molar-refractivity contribution in [2.45, 2.75) is 32.2 Å². The molecule has 0 atom stereocenters. The molecule has 0 fully saturated rings. The number of rotatable bonds is 6. The summed E-state index contributed by atoms with van der Waals surface area (Å²) in [6.45, 7) is 3.93. The monoisotopic (exact) mass is 299 g/mol. The van der Waals surface area contributed by atoms with Crippen LogP contribution in [0.1, 0.15) is 25.8 Å². The summed E-state index contributed by atoms with van der Waals surface area (Å²) in [6, 6.07) is 14.2. The molecule has 22 heavy (non-hydrogen) atoms. The number of pyridine rings is 1. The van der Waals surface area contributed by atoms with E-state index in [-0.39, 0.29) is 5.54 Å². The predicted octanol–water partition coefficient (Wildman–Crippen LogP) is 3.23. The summed E-state index contributed by atoms with van der Waals surface area (Å²) in [5.74, 6) is 0. The van der Waals surface area contributed by atoms with Gasteiger partial charge in [0, 0.05) is 17.3 Å². The number of benzene rings is 1. The van der Waals surface area contributed by atoms with Crippen molar-refractivity contribution in [3.63, 3.8) is 0 Å². The average molecular weight is 299 g/mol. The Morgan fingerprint density at radius 2 is 1.91 bits per heavy atom. The van der Waals surface area contributed by atoms with Crippen LogP contribution in [0.3, 0.4) is 0 Å². The standard InChI is InChI=1S/C17H21N3O2/c1-17(2,20-19-16(21)22)11-10-13-6-8-14(9-7-13)15-5-3-4-12-18-15/h3-9,12,19-20H,10-11H2,1-2H3,(H,21,22). The zero-order valence-electron chi connectivity index (χ0n) is 12.8. The van der Waals surface area contributed by atoms with Gasteiger partial charge in [-0.1, -0.05) is 30.3 Å². The zero-order valence-corrected chi connectivity index (χ0v) is 12.8. The van der Waals surface area contributed by atoms with Crippen molar-refractivity contribution >= 4 is 6.09 Å². The minimum Gasteiger partial charge on any atom is -0.464 e. The Bertz CT molecular complexity index is 610. The number of hydrogen-bond donors (Lipinski definition) is 3. The lowest BCUT2D eigenvalue weighted by Gasteiger charge is -2.25. The Labute approximate surface area is 130 Å². The second-order valence-corrected chi connectivity index (χ2v) is 5.85. The fourth-order valence-corrected chi connectivity index (χ4v) is 2.12. The molecule has 0 unspecified atom stereocenters. The first-order valence-electron chi connectivity index (χ1n) is 7.23. The molecule has 2 aromatic rings. The van der Waals surface area contributed by atoms with Crippen LogP contribution >= 0.6 is 0 Å². The van der Waals surface area contributed by atoms with Gasteiger partial charge in [0.25, 0.3) is 0 Å². The topological polar surface area (TPSA) is 74.2 Å². The number of amides is 1. The predicted molar refractivity (Wildman–Crippen MR) is 86.4 cm³/mol. The van der Waals surface area contributed by atoms with Crippen LogP contribution in [-0.4, -0.2) is 21.7 Å². The smallest absolute Gasteiger partial charge is 0.419 e. The molecule has 116 valence electrons. The number of hydrogen-bond acceptors (Lipinski definition) is 3. The van der Waals surface area contributed by atoms with Crippen molar-refractivity contribution in [1.29, 1.82) is 0 Å². The maximum absolute atomic E-state index is 10.5. The summed E-state index contributed by atoms with van der Waals surface area (Å²) in [7, 11) is 0. The number of carboxylic acid groups (broad SMARTS) is 1. The van der Waals surface area contributed by atoms with Gasteiger partial charge in [0.1, 0.15) is 0 Å². The van der Waals surface area contributed by atoms with Gasteiger partial charge in [-0.15, -0.1) is 0 Å². The molecule has 0 aliphatic heterocycles. The average Bonchev–Trinajstić information content (AvgIpc) is 2.53. The van der Waals surface area contributed by atoms with E-state index in [1.807, 2.05) is 32.0 Å². The summed E-state index contributed by atoms with van der Waals surface area (Å²) in [5, 5.41) is 8.62. The first-order chi connectivity index (χ1) is 10.5. The SMILES string of the molecule is CC(C)(CCc1ccc(-c2ccccn2)cc1)NNC(=O)O. The van der Waals surface area contributed by atoms with Crippen LogP contribution in [0, 0.1) is 0 Å². The summed E-state index contributed by atoms with van der Waals surface area (Å²) >= 11 is 0. The van der Waals surface area contributed by atoms with Gasteiger partial charge in [-0.05, 0) is 44.4 Å². The minimum atomic E-state index is -1.08. The highest BCUT2D eigenvalue weighted by Crippen LogP contribution is 2.19. The van der Waals surface area contributed by atoms with Gasteiger partial charge in [0.15, 0.2) is 0 Å². The number of nitrogens with zero attached hydrogens (tertiary/aromatic N) is 1. The Hall–Kier alpha value is -2.40. The van der Waals surface area contributed by atoms with Crippen LogP contribution in [-0.2, 0) is 6.42 Å². The number of aryl methyl sites for hydroxylation is 1. The lowest BCUT2D eigenvalue weighted by atomic mass is 9.95. The maximum atomic E-state index is 10.5. The third-order valence-corrected chi connectivity index (χ3v) is 3.46. The van der Waals surface area contributed by atoms with Gasteiger partial charge in [0.2, 0.25) is 0 Å². The first kappa shape index (κ1) is 16.0. The molecule has 5 nitrogen and oxygen atoms in total. The first-order valence-corrected chi connectivity index (χ1v) is 7.23. The number of nitrogens with one attached hydrogen (secondary N) is 2. The van der Waals surface area contributed by atoms with E-state index < -0.39 is 6.09 Å². The Balaban J connectivity index is 1.93. The molecule has 1 amide bonds. The molecule has 2 rings (SSSR count). The molecule has 0 aliphatic carbocycles. The molecule has 0 radical (unpaired) electrons. The van der Waals surface area contributed by atoms with Crippen molar-refractivity contribution in [1.82, 2.24) is 15.8 Å². The van der Waals surface area contributed by atoms with Crippen molar-refractivity contribution in [2.75, 3.05) is 0 Å². The second-order valence-electron chi connectivity index (χ2n) is 5.85. The molecule has 1 heterocycles. The number of carbonyl (C=O) groups is 1. The van der Waals surface area contributed by atoms with Crippen molar-refractivity contribution in [3.8, 4) is 11.3 Å². The molecule has 1 aromatic carbocycles. The second kappa shape index (κ2) is 7.04. The van der Waals surface area contributed by atoms with E-state index >= 15 is 0 Å². The summed E-state index contributed by atoms with van der Waals surface area (Å²) in [6.07, 6.45) is 2.39. The summed E-state index contributed by atoms with van der Waals surface area (Å²) in [4.78, 5) is 14.8. The highest BCUT2D eigenvalue weighted by molar-refractivity contribution is 5.63. The summed E-state index contributed by atoms with van der Waals surface area (Å²) < 4.78 is 0. The van der Waals surface area contributed by atoms with Gasteiger partial charge in [-0.2, -0.15) is 0 Å². The zero-order chi connectivity index (χ0) is 16.0. The normalized spacial score (nSPS) is 11.2. The molecule has 0 saturated carbocycles. The Kier molecular flexibility index (Phi) is 5.12. The van der Waals surface area contributed by atoms with E-state index in [9.17, 15) is 4.79 Å². The van der Waals surface area contributed by atoms with E-state index in [1.165, 1.54) is 5.56 Å². The van der Waals surface area contributed by atoms with E-state index in [0.717, 1.165) is 24.1 Å². The molecule has 0 aliphatic rings. The molecule has 3 N–H and O–H groups in total. The molecule has 5 heteroatoms. The number of aromatic nitrogens is 1. The largest absolute Gasteiger partial charge is 0.464 e. The Morgan fingerprint density at radius 3 is 2.50 bits per heavy atom. The highest BCUT2D eigenvalue weighted by Gasteiger charge is 2.17. The molecular weight excluding hydrogens is 278 g/mol. The van der Waals surface area contributed by atoms with Crippen LogP contribution in [0.25, 0.3) is 11.3 Å². The van der Waals surface area contributed by atoms with Crippen LogP contribution < -0.4 is 10.9 Å². The molecular formula is C17H21N3O2. The van der Waals surface area contributed by atoms with Crippen LogP contribution in [0.2, 0.25) is 0 Å². The van der Waals surface area contributed by atoms with Gasteiger partial charge < -0.3 is 5.11 Å². The molecule has 1 aromatic heterocycles. The van der Waals surface area contributed by atoms with Crippen LogP contribution in [0.15, 0.2) is 48.7 Å². The number of hydrazine groups is 1. The van der Waals surface area contributed by atoms with E-state index in [0.29, 0.717) is 0 Å². The maximum Gasteiger partial charge on any atom is 0.419 e. The van der Waals surface area contributed by atoms with Crippen LogP contribution in [0.4, 0.5) is 4.79 Å². The fourth-order valence-electron chi connectivity index (χ4n) is 2.12. The van der Waals surface area contributed by atoms with Crippen LogP contribution in [0.5, 0.6) is 0 Å². The van der Waals surface area contributed by atoms with E-state index in [2.05, 4.69) is 40.1 Å². The third kappa shape index (κ3) is 4.86. The quantitative estimate of drug-likeness (QED) is 0.716.